The van der Waals surface area contributed by atoms with Gasteiger partial charge in [-0.1, -0.05) is 12.1 Å². The molecule has 0 radical (unpaired) electrons. The molecule has 0 saturated carbocycles. The predicted octanol–water partition coefficient (Wildman–Crippen LogP) is 1.72. The van der Waals surface area contributed by atoms with E-state index in [2.05, 4.69) is 4.90 Å². The highest BCUT2D eigenvalue weighted by atomic mass is 32.2. The highest BCUT2D eigenvalue weighted by Crippen LogP contribution is 2.27. The fourth-order valence-electron chi connectivity index (χ4n) is 2.49. The number of fused-ring (bicyclic) bond motifs is 3. The minimum atomic E-state index is -3.59. The van der Waals surface area contributed by atoms with E-state index in [-0.39, 0.29) is 11.1 Å². The monoisotopic (exact) mass is 253 g/mol. The van der Waals surface area contributed by atoms with Gasteiger partial charge < -0.3 is 0 Å². The summed E-state index contributed by atoms with van der Waals surface area (Å²) in [6.07, 6.45) is 2.65. The summed E-state index contributed by atoms with van der Waals surface area (Å²) in [4.78, 5) is 2.39. The zero-order chi connectivity index (χ0) is 11.9. The first kappa shape index (κ1) is 11.2. The molecule has 92 valence electrons. The Morgan fingerprint density at radius 2 is 2.18 bits per heavy atom. The number of benzene rings is 1. The molecule has 0 amide bonds. The molecule has 1 aromatic rings. The summed E-state index contributed by atoms with van der Waals surface area (Å²) in [5.41, 5.74) is 1.04. The second-order valence-corrected chi connectivity index (χ2v) is 6.19. The molecule has 2 bridgehead atoms. The van der Waals surface area contributed by atoms with Crippen molar-refractivity contribution in [2.75, 3.05) is 6.54 Å². The normalized spacial score (nSPS) is 27.9. The molecule has 17 heavy (non-hydrogen) atoms. The lowest BCUT2D eigenvalue weighted by molar-refractivity contribution is -0.00624. The van der Waals surface area contributed by atoms with Crippen LogP contribution in [0.15, 0.2) is 29.2 Å². The van der Waals surface area contributed by atoms with Gasteiger partial charge in [0.15, 0.2) is 0 Å². The van der Waals surface area contributed by atoms with Gasteiger partial charge in [0.1, 0.15) is 6.23 Å². The molecule has 1 saturated heterocycles. The predicted molar refractivity (Wildman–Crippen MR) is 62.8 cm³/mol. The summed E-state index contributed by atoms with van der Waals surface area (Å²) in [5.74, 6) is 0. The van der Waals surface area contributed by atoms with Gasteiger partial charge in [-0.2, -0.15) is 8.42 Å². The third kappa shape index (κ3) is 2.10. The van der Waals surface area contributed by atoms with E-state index in [9.17, 15) is 8.42 Å². The molecule has 1 fully saturated rings. The van der Waals surface area contributed by atoms with Crippen molar-refractivity contribution in [3.8, 4) is 0 Å². The minimum absolute atomic E-state index is 0.278. The second-order valence-electron chi connectivity index (χ2n) is 4.62. The van der Waals surface area contributed by atoms with Crippen molar-refractivity contribution in [3.05, 3.63) is 29.8 Å². The van der Waals surface area contributed by atoms with Crippen LogP contribution in [0.25, 0.3) is 0 Å². The first-order chi connectivity index (χ1) is 8.15. The lowest BCUT2D eigenvalue weighted by Crippen LogP contribution is -2.42. The summed E-state index contributed by atoms with van der Waals surface area (Å²) in [7, 11) is -3.59. The van der Waals surface area contributed by atoms with E-state index >= 15 is 0 Å². The average molecular weight is 253 g/mol. The molecule has 2 aliphatic heterocycles. The molecule has 1 atom stereocenters. The van der Waals surface area contributed by atoms with Gasteiger partial charge in [0.05, 0.1) is 4.90 Å². The molecule has 5 heteroatoms. The summed E-state index contributed by atoms with van der Waals surface area (Å²) >= 11 is 0. The summed E-state index contributed by atoms with van der Waals surface area (Å²) in [6.45, 7) is 1.68. The Balaban J connectivity index is 2.05. The first-order valence-corrected chi connectivity index (χ1v) is 7.32. The minimum Gasteiger partial charge on any atom is -0.273 e. The third-order valence-corrected chi connectivity index (χ3v) is 4.67. The molecule has 1 aromatic carbocycles. The molecule has 2 aliphatic rings. The van der Waals surface area contributed by atoms with Gasteiger partial charge in [-0.3, -0.25) is 4.90 Å². The quantitative estimate of drug-likeness (QED) is 0.660. The standard InChI is InChI=1S/C12H15NO3S/c14-17(15)11-5-3-4-10(8-11)9-13-7-2-1-6-12(13)16-17/h3-5,8,12H,1-2,6-7,9H2. The maximum absolute atomic E-state index is 12.0. The van der Waals surface area contributed by atoms with E-state index in [1.165, 1.54) is 0 Å². The number of rotatable bonds is 0. The number of hydrogen-bond donors (Lipinski definition) is 0. The van der Waals surface area contributed by atoms with Crippen LogP contribution < -0.4 is 0 Å². The number of hydrogen-bond acceptors (Lipinski definition) is 4. The average Bonchev–Trinajstić information content (AvgIpc) is 2.31. The second kappa shape index (κ2) is 4.08. The molecular weight excluding hydrogens is 238 g/mol. The molecule has 0 N–H and O–H groups in total. The highest BCUT2D eigenvalue weighted by molar-refractivity contribution is 7.86. The van der Waals surface area contributed by atoms with Crippen molar-refractivity contribution >= 4 is 10.1 Å². The molecule has 3 rings (SSSR count). The van der Waals surface area contributed by atoms with Crippen molar-refractivity contribution in [2.45, 2.75) is 36.9 Å². The Bertz CT molecular complexity index is 526. The van der Waals surface area contributed by atoms with Gasteiger partial charge in [-0.05, 0) is 37.0 Å². The topological polar surface area (TPSA) is 46.6 Å². The largest absolute Gasteiger partial charge is 0.298 e. The Kier molecular flexibility index (Phi) is 2.69. The van der Waals surface area contributed by atoms with Gasteiger partial charge in [-0.25, -0.2) is 4.18 Å². The highest BCUT2D eigenvalue weighted by Gasteiger charge is 2.31. The van der Waals surface area contributed by atoms with Crippen molar-refractivity contribution in [1.82, 2.24) is 4.90 Å². The van der Waals surface area contributed by atoms with E-state index < -0.39 is 10.1 Å². The van der Waals surface area contributed by atoms with Crippen molar-refractivity contribution in [3.63, 3.8) is 0 Å². The first-order valence-electron chi connectivity index (χ1n) is 5.91. The van der Waals surface area contributed by atoms with Gasteiger partial charge in [0.2, 0.25) is 0 Å². The van der Waals surface area contributed by atoms with Crippen LogP contribution >= 0.6 is 0 Å². The smallest absolute Gasteiger partial charge is 0.273 e. The summed E-state index contributed by atoms with van der Waals surface area (Å²) in [5, 5.41) is 0. The van der Waals surface area contributed by atoms with Crippen LogP contribution in [-0.2, 0) is 20.8 Å². The van der Waals surface area contributed by atoms with Crippen LogP contribution in [0.4, 0.5) is 0 Å². The SMILES string of the molecule is O=S1(=O)OC2CCCCN2Cc2cccc1c2. The lowest BCUT2D eigenvalue weighted by atomic mass is 10.1. The number of nitrogens with zero attached hydrogens (tertiary/aromatic N) is 1. The van der Waals surface area contributed by atoms with Crippen molar-refractivity contribution < 1.29 is 12.6 Å². The third-order valence-electron chi connectivity index (χ3n) is 3.36. The summed E-state index contributed by atoms with van der Waals surface area (Å²) < 4.78 is 29.4. The van der Waals surface area contributed by atoms with E-state index in [0.717, 1.165) is 37.9 Å². The zero-order valence-electron chi connectivity index (χ0n) is 9.50. The summed E-state index contributed by atoms with van der Waals surface area (Å²) in [6, 6.07) is 7.04. The van der Waals surface area contributed by atoms with Gasteiger partial charge >= 0.3 is 0 Å². The van der Waals surface area contributed by atoms with E-state index in [1.54, 1.807) is 18.2 Å². The van der Waals surface area contributed by atoms with Crippen LogP contribution in [0.1, 0.15) is 24.8 Å². The van der Waals surface area contributed by atoms with E-state index in [0.29, 0.717) is 0 Å². The Hall–Kier alpha value is -0.910. The van der Waals surface area contributed by atoms with Crippen LogP contribution in [0.5, 0.6) is 0 Å². The van der Waals surface area contributed by atoms with Crippen molar-refractivity contribution in [2.24, 2.45) is 0 Å². The maximum atomic E-state index is 12.0. The molecule has 0 aromatic heterocycles. The van der Waals surface area contributed by atoms with Crippen LogP contribution in [-0.4, -0.2) is 26.1 Å². The molecule has 2 heterocycles. The van der Waals surface area contributed by atoms with Gasteiger partial charge in [0.25, 0.3) is 10.1 Å². The van der Waals surface area contributed by atoms with Gasteiger partial charge in [-0.15, -0.1) is 0 Å². The lowest BCUT2D eigenvalue weighted by Gasteiger charge is -2.36. The Morgan fingerprint density at radius 3 is 3.06 bits per heavy atom. The van der Waals surface area contributed by atoms with Crippen LogP contribution in [0.2, 0.25) is 0 Å². The number of piperidine rings is 1. The zero-order valence-corrected chi connectivity index (χ0v) is 10.3. The van der Waals surface area contributed by atoms with Crippen molar-refractivity contribution in [1.29, 1.82) is 0 Å². The Labute approximate surface area is 101 Å². The molecule has 4 nitrogen and oxygen atoms in total. The van der Waals surface area contributed by atoms with Gasteiger partial charge in [0, 0.05) is 13.1 Å². The molecule has 0 aliphatic carbocycles. The Morgan fingerprint density at radius 1 is 1.29 bits per heavy atom. The fraction of sp³-hybridized carbons (Fsp3) is 0.500. The maximum Gasteiger partial charge on any atom is 0.298 e. The fourth-order valence-corrected chi connectivity index (χ4v) is 3.65. The molecular formula is C12H15NO3S. The van der Waals surface area contributed by atoms with E-state index in [4.69, 9.17) is 4.18 Å². The molecule has 1 unspecified atom stereocenters. The van der Waals surface area contributed by atoms with Crippen LogP contribution in [0.3, 0.4) is 0 Å². The van der Waals surface area contributed by atoms with Crippen LogP contribution in [0, 0.1) is 0 Å². The van der Waals surface area contributed by atoms with E-state index in [1.807, 2.05) is 6.07 Å². The molecule has 0 spiro atoms.